The van der Waals surface area contributed by atoms with Gasteiger partial charge in [-0.1, -0.05) is 0 Å². The minimum Gasteiger partial charge on any atom is -0.357 e. The molecule has 2 heterocycles. The third-order valence-electron chi connectivity index (χ3n) is 3.30. The molecular formula is C16H23N3OS. The molecule has 0 unspecified atom stereocenters. The summed E-state index contributed by atoms with van der Waals surface area (Å²) in [5.41, 5.74) is 4.53. The molecule has 0 amide bonds. The van der Waals surface area contributed by atoms with E-state index in [0.29, 0.717) is 0 Å². The van der Waals surface area contributed by atoms with Crippen LogP contribution in [-0.4, -0.2) is 21.3 Å². The summed E-state index contributed by atoms with van der Waals surface area (Å²) in [5, 5.41) is 4.31. The average molecular weight is 305 g/mol. The smallest absolute Gasteiger partial charge is 0.183 e. The van der Waals surface area contributed by atoms with Crippen LogP contribution in [0.25, 0.3) is 11.4 Å². The zero-order valence-corrected chi connectivity index (χ0v) is 14.6. The number of aromatic nitrogens is 2. The van der Waals surface area contributed by atoms with Gasteiger partial charge in [-0.05, 0) is 54.0 Å². The standard InChI is InChI=1S/C16H23N3OS/c1-8-12(10(3)20)9(2)17-13(8)14-11(4)21-15(18-14)19-16(5,6)7/h17H,1-7H3,(H,18,19). The van der Waals surface area contributed by atoms with E-state index in [0.717, 1.165) is 38.2 Å². The second-order valence-electron chi connectivity index (χ2n) is 6.48. The van der Waals surface area contributed by atoms with Gasteiger partial charge in [-0.15, -0.1) is 11.3 Å². The normalized spacial score (nSPS) is 11.8. The number of aromatic amines is 1. The number of H-pyrrole nitrogens is 1. The molecule has 4 nitrogen and oxygen atoms in total. The van der Waals surface area contributed by atoms with Crippen LogP contribution in [0.2, 0.25) is 0 Å². The fourth-order valence-corrected chi connectivity index (χ4v) is 3.55. The van der Waals surface area contributed by atoms with E-state index in [9.17, 15) is 4.79 Å². The van der Waals surface area contributed by atoms with Crippen LogP contribution in [0.3, 0.4) is 0 Å². The highest BCUT2D eigenvalue weighted by Gasteiger charge is 2.21. The number of nitrogens with one attached hydrogen (secondary N) is 2. The van der Waals surface area contributed by atoms with Gasteiger partial charge in [-0.3, -0.25) is 4.79 Å². The molecular weight excluding hydrogens is 282 g/mol. The number of Topliss-reactive ketones (excluding diaryl/α,β-unsaturated/α-hetero) is 1. The number of hydrogen-bond donors (Lipinski definition) is 2. The van der Waals surface area contributed by atoms with E-state index in [1.165, 1.54) is 0 Å². The summed E-state index contributed by atoms with van der Waals surface area (Å²) in [7, 11) is 0. The molecule has 2 rings (SSSR count). The van der Waals surface area contributed by atoms with Crippen molar-refractivity contribution in [2.24, 2.45) is 0 Å². The zero-order chi connectivity index (χ0) is 15.9. The van der Waals surface area contributed by atoms with E-state index in [1.807, 2.05) is 13.8 Å². The molecule has 0 radical (unpaired) electrons. The highest BCUT2D eigenvalue weighted by atomic mass is 32.1. The number of carbonyl (C=O) groups excluding carboxylic acids is 1. The second kappa shape index (κ2) is 5.30. The third kappa shape index (κ3) is 3.18. The minimum atomic E-state index is -0.0210. The first-order valence-corrected chi connectivity index (χ1v) is 7.88. The fourth-order valence-electron chi connectivity index (χ4n) is 2.52. The number of nitrogens with zero attached hydrogens (tertiary/aromatic N) is 1. The van der Waals surface area contributed by atoms with Gasteiger partial charge in [0.1, 0.15) is 5.69 Å². The highest BCUT2D eigenvalue weighted by molar-refractivity contribution is 7.16. The monoisotopic (exact) mass is 305 g/mol. The first-order chi connectivity index (χ1) is 9.60. The van der Waals surface area contributed by atoms with Crippen LogP contribution in [-0.2, 0) is 0 Å². The molecule has 0 saturated carbocycles. The predicted octanol–water partition coefficient (Wildman–Crippen LogP) is 4.48. The maximum absolute atomic E-state index is 11.8. The minimum absolute atomic E-state index is 0.0210. The Labute approximate surface area is 130 Å². The Kier molecular flexibility index (Phi) is 3.97. The zero-order valence-electron chi connectivity index (χ0n) is 13.8. The number of carbonyl (C=O) groups is 1. The van der Waals surface area contributed by atoms with E-state index in [-0.39, 0.29) is 11.3 Å². The van der Waals surface area contributed by atoms with Gasteiger partial charge in [0, 0.05) is 21.7 Å². The maximum Gasteiger partial charge on any atom is 0.183 e. The van der Waals surface area contributed by atoms with Gasteiger partial charge < -0.3 is 10.3 Å². The highest BCUT2D eigenvalue weighted by Crippen LogP contribution is 2.34. The summed E-state index contributed by atoms with van der Waals surface area (Å²) in [6.45, 7) is 13.9. The molecule has 2 N–H and O–H groups in total. The molecule has 0 bridgehead atoms. The molecule has 0 aliphatic rings. The summed E-state index contributed by atoms with van der Waals surface area (Å²) in [5.74, 6) is 0.0911. The number of thiazole rings is 1. The van der Waals surface area contributed by atoms with Gasteiger partial charge in [-0.25, -0.2) is 4.98 Å². The van der Waals surface area contributed by atoms with E-state index in [2.05, 4.69) is 38.0 Å². The first kappa shape index (κ1) is 15.8. The van der Waals surface area contributed by atoms with E-state index < -0.39 is 0 Å². The molecule has 21 heavy (non-hydrogen) atoms. The molecule has 0 spiro atoms. The van der Waals surface area contributed by atoms with E-state index >= 15 is 0 Å². The summed E-state index contributed by atoms with van der Waals surface area (Å²) >= 11 is 1.64. The van der Waals surface area contributed by atoms with Gasteiger partial charge in [0.05, 0.1) is 5.69 Å². The van der Waals surface area contributed by atoms with Gasteiger partial charge in [0.15, 0.2) is 10.9 Å². The summed E-state index contributed by atoms with van der Waals surface area (Å²) in [6, 6.07) is 0. The Morgan fingerprint density at radius 3 is 2.33 bits per heavy atom. The van der Waals surface area contributed by atoms with E-state index in [4.69, 9.17) is 4.98 Å². The van der Waals surface area contributed by atoms with Gasteiger partial charge in [0.25, 0.3) is 0 Å². The van der Waals surface area contributed by atoms with Crippen molar-refractivity contribution in [2.45, 2.75) is 54.0 Å². The molecule has 0 saturated heterocycles. The first-order valence-electron chi connectivity index (χ1n) is 7.06. The third-order valence-corrected chi connectivity index (χ3v) is 4.19. The topological polar surface area (TPSA) is 57.8 Å². The van der Waals surface area contributed by atoms with Crippen LogP contribution in [0.1, 0.15) is 54.2 Å². The van der Waals surface area contributed by atoms with Crippen LogP contribution in [0.5, 0.6) is 0 Å². The molecule has 0 aliphatic carbocycles. The number of ketones is 1. The molecule has 0 fully saturated rings. The van der Waals surface area contributed by atoms with Crippen LogP contribution >= 0.6 is 11.3 Å². The molecule has 2 aromatic heterocycles. The van der Waals surface area contributed by atoms with Gasteiger partial charge >= 0.3 is 0 Å². The van der Waals surface area contributed by atoms with Crippen molar-refractivity contribution < 1.29 is 4.79 Å². The van der Waals surface area contributed by atoms with Crippen molar-refractivity contribution >= 4 is 22.3 Å². The largest absolute Gasteiger partial charge is 0.357 e. The lowest BCUT2D eigenvalue weighted by atomic mass is 10.1. The van der Waals surface area contributed by atoms with Crippen molar-refractivity contribution in [3.8, 4) is 11.4 Å². The van der Waals surface area contributed by atoms with Crippen LogP contribution in [0.15, 0.2) is 0 Å². The average Bonchev–Trinajstić information content (AvgIpc) is 2.77. The van der Waals surface area contributed by atoms with Crippen molar-refractivity contribution in [3.05, 3.63) is 21.7 Å². The Morgan fingerprint density at radius 2 is 1.86 bits per heavy atom. The summed E-state index contributed by atoms with van der Waals surface area (Å²) < 4.78 is 0. The van der Waals surface area contributed by atoms with Gasteiger partial charge in [-0.2, -0.15) is 0 Å². The lowest BCUT2D eigenvalue weighted by Gasteiger charge is -2.19. The van der Waals surface area contributed by atoms with Crippen LogP contribution < -0.4 is 5.32 Å². The van der Waals surface area contributed by atoms with Crippen molar-refractivity contribution in [1.29, 1.82) is 0 Å². The number of hydrogen-bond acceptors (Lipinski definition) is 4. The Bertz CT molecular complexity index is 689. The van der Waals surface area contributed by atoms with E-state index in [1.54, 1.807) is 18.3 Å². The Morgan fingerprint density at radius 1 is 1.24 bits per heavy atom. The quantitative estimate of drug-likeness (QED) is 0.822. The van der Waals surface area contributed by atoms with Crippen LogP contribution in [0, 0.1) is 20.8 Å². The molecule has 0 aromatic carbocycles. The Hall–Kier alpha value is -1.62. The Balaban J connectivity index is 2.49. The predicted molar refractivity (Wildman–Crippen MR) is 89.5 cm³/mol. The van der Waals surface area contributed by atoms with Gasteiger partial charge in [0.2, 0.25) is 0 Å². The van der Waals surface area contributed by atoms with Crippen molar-refractivity contribution in [2.75, 3.05) is 5.32 Å². The van der Waals surface area contributed by atoms with Crippen molar-refractivity contribution in [1.82, 2.24) is 9.97 Å². The molecule has 114 valence electrons. The number of anilines is 1. The molecule has 2 aromatic rings. The number of aryl methyl sites for hydroxylation is 2. The number of rotatable bonds is 3. The lowest BCUT2D eigenvalue weighted by Crippen LogP contribution is -2.25. The SMILES string of the molecule is CC(=O)c1c(C)[nH]c(-c2nc(NC(C)(C)C)sc2C)c1C. The van der Waals surface area contributed by atoms with Crippen molar-refractivity contribution in [3.63, 3.8) is 0 Å². The lowest BCUT2D eigenvalue weighted by molar-refractivity contribution is 0.101. The molecule has 0 aliphatic heterocycles. The summed E-state index contributed by atoms with van der Waals surface area (Å²) in [6.07, 6.45) is 0. The second-order valence-corrected chi connectivity index (χ2v) is 7.68. The summed E-state index contributed by atoms with van der Waals surface area (Å²) in [4.78, 5) is 20.9. The molecule has 0 atom stereocenters. The molecule has 5 heteroatoms. The fraction of sp³-hybridized carbons (Fsp3) is 0.500. The van der Waals surface area contributed by atoms with Crippen LogP contribution in [0.4, 0.5) is 5.13 Å². The maximum atomic E-state index is 11.8.